The zero-order valence-corrected chi connectivity index (χ0v) is 12.4. The number of carbonyl (C=O) groups excluding carboxylic acids is 2. The standard InChI is InChI=1S/C15H12N2O4S/c1-9-2-4-10(5-3-9)14(18)16-11-6-7-12-13(8-11)22(20,21)17-15(12)19/h2-8H,1H3,(H,16,18)(H,17,19). The van der Waals surface area contributed by atoms with Gasteiger partial charge in [-0.25, -0.2) is 13.1 Å². The highest BCUT2D eigenvalue weighted by Gasteiger charge is 2.32. The first-order valence-corrected chi connectivity index (χ1v) is 7.94. The number of benzene rings is 2. The van der Waals surface area contributed by atoms with Crippen molar-refractivity contribution in [2.75, 3.05) is 5.32 Å². The maximum atomic E-state index is 12.1. The molecule has 0 saturated carbocycles. The van der Waals surface area contributed by atoms with E-state index in [-0.39, 0.29) is 16.4 Å². The molecule has 0 atom stereocenters. The van der Waals surface area contributed by atoms with Gasteiger partial charge in [0.05, 0.1) is 5.56 Å². The van der Waals surface area contributed by atoms with Crippen LogP contribution in [-0.4, -0.2) is 20.2 Å². The van der Waals surface area contributed by atoms with Crippen molar-refractivity contribution >= 4 is 27.5 Å². The number of nitrogens with one attached hydrogen (secondary N) is 2. The summed E-state index contributed by atoms with van der Waals surface area (Å²) in [5, 5.41) is 2.62. The monoisotopic (exact) mass is 316 g/mol. The maximum Gasteiger partial charge on any atom is 0.266 e. The molecule has 3 rings (SSSR count). The Kier molecular flexibility index (Phi) is 3.22. The van der Waals surface area contributed by atoms with Gasteiger partial charge in [-0.1, -0.05) is 17.7 Å². The van der Waals surface area contributed by atoms with Crippen molar-refractivity contribution in [3.05, 3.63) is 59.2 Å². The third kappa shape index (κ3) is 2.46. The maximum absolute atomic E-state index is 12.1. The fraction of sp³-hybridized carbons (Fsp3) is 0.0667. The van der Waals surface area contributed by atoms with E-state index in [2.05, 4.69) is 5.32 Å². The highest BCUT2D eigenvalue weighted by molar-refractivity contribution is 7.90. The molecule has 0 fully saturated rings. The summed E-state index contributed by atoms with van der Waals surface area (Å²) in [5.74, 6) is -1.01. The summed E-state index contributed by atoms with van der Waals surface area (Å²) in [7, 11) is -3.83. The number of amides is 2. The van der Waals surface area contributed by atoms with Crippen LogP contribution in [0.15, 0.2) is 47.4 Å². The smallest absolute Gasteiger partial charge is 0.266 e. The molecule has 0 spiro atoms. The van der Waals surface area contributed by atoms with Crippen molar-refractivity contribution in [1.82, 2.24) is 4.72 Å². The van der Waals surface area contributed by atoms with Crippen LogP contribution in [0.5, 0.6) is 0 Å². The predicted octanol–water partition coefficient (Wildman–Crippen LogP) is 1.68. The van der Waals surface area contributed by atoms with E-state index in [0.717, 1.165) is 5.56 Å². The molecule has 0 aliphatic carbocycles. The number of hydrogen-bond donors (Lipinski definition) is 2. The Labute approximate surface area is 127 Å². The lowest BCUT2D eigenvalue weighted by atomic mass is 10.1. The highest BCUT2D eigenvalue weighted by Crippen LogP contribution is 2.25. The number of fused-ring (bicyclic) bond motifs is 1. The molecule has 1 aliphatic rings. The minimum Gasteiger partial charge on any atom is -0.322 e. The van der Waals surface area contributed by atoms with Gasteiger partial charge in [-0.3, -0.25) is 9.59 Å². The molecule has 0 aromatic heterocycles. The first kappa shape index (κ1) is 14.3. The van der Waals surface area contributed by atoms with Crippen LogP contribution in [0.4, 0.5) is 5.69 Å². The van der Waals surface area contributed by atoms with Gasteiger partial charge in [0, 0.05) is 11.3 Å². The second kappa shape index (κ2) is 4.96. The van der Waals surface area contributed by atoms with Crippen molar-refractivity contribution in [3.8, 4) is 0 Å². The van der Waals surface area contributed by atoms with Crippen LogP contribution in [0.3, 0.4) is 0 Å². The van der Waals surface area contributed by atoms with E-state index in [1.54, 1.807) is 12.1 Å². The molecule has 2 amide bonds. The quantitative estimate of drug-likeness (QED) is 0.881. The third-order valence-corrected chi connectivity index (χ3v) is 4.69. The van der Waals surface area contributed by atoms with Gasteiger partial charge in [-0.05, 0) is 37.3 Å². The zero-order valence-electron chi connectivity index (χ0n) is 11.6. The Morgan fingerprint density at radius 2 is 1.77 bits per heavy atom. The molecule has 0 radical (unpaired) electrons. The summed E-state index contributed by atoms with van der Waals surface area (Å²) in [6.07, 6.45) is 0. The van der Waals surface area contributed by atoms with Crippen LogP contribution >= 0.6 is 0 Å². The number of aryl methyl sites for hydroxylation is 1. The lowest BCUT2D eigenvalue weighted by Crippen LogP contribution is -2.20. The summed E-state index contributed by atoms with van der Waals surface area (Å²) >= 11 is 0. The number of hydrogen-bond acceptors (Lipinski definition) is 4. The third-order valence-electron chi connectivity index (χ3n) is 3.31. The molecular formula is C15H12N2O4S. The van der Waals surface area contributed by atoms with Crippen LogP contribution in [0, 0.1) is 6.92 Å². The van der Waals surface area contributed by atoms with E-state index in [1.165, 1.54) is 18.2 Å². The molecule has 2 aromatic rings. The minimum absolute atomic E-state index is 0.0772. The van der Waals surface area contributed by atoms with Crippen molar-refractivity contribution in [1.29, 1.82) is 0 Å². The number of carbonyl (C=O) groups is 2. The average Bonchev–Trinajstić information content (AvgIpc) is 2.69. The molecule has 22 heavy (non-hydrogen) atoms. The van der Waals surface area contributed by atoms with Gasteiger partial charge >= 0.3 is 0 Å². The zero-order chi connectivity index (χ0) is 15.9. The number of sulfonamides is 1. The minimum atomic E-state index is -3.83. The molecular weight excluding hydrogens is 304 g/mol. The van der Waals surface area contributed by atoms with Gasteiger partial charge in [-0.15, -0.1) is 0 Å². The van der Waals surface area contributed by atoms with Gasteiger partial charge in [0.2, 0.25) is 0 Å². The van der Waals surface area contributed by atoms with Gasteiger partial charge < -0.3 is 5.32 Å². The van der Waals surface area contributed by atoms with Crippen molar-refractivity contribution in [3.63, 3.8) is 0 Å². The number of anilines is 1. The van der Waals surface area contributed by atoms with E-state index in [1.807, 2.05) is 23.8 Å². The molecule has 2 aromatic carbocycles. The van der Waals surface area contributed by atoms with Gasteiger partial charge in [0.15, 0.2) is 0 Å². The van der Waals surface area contributed by atoms with Crippen molar-refractivity contribution in [2.24, 2.45) is 0 Å². The van der Waals surface area contributed by atoms with Crippen LogP contribution in [-0.2, 0) is 10.0 Å². The van der Waals surface area contributed by atoms with Crippen LogP contribution in [0.25, 0.3) is 0 Å². The van der Waals surface area contributed by atoms with E-state index in [4.69, 9.17) is 0 Å². The molecule has 6 nitrogen and oxygen atoms in total. The first-order chi connectivity index (χ1) is 10.4. The van der Waals surface area contributed by atoms with E-state index in [9.17, 15) is 18.0 Å². The van der Waals surface area contributed by atoms with Crippen LogP contribution in [0.1, 0.15) is 26.3 Å². The fourth-order valence-electron chi connectivity index (χ4n) is 2.15. The SMILES string of the molecule is Cc1ccc(C(=O)Nc2ccc3c(c2)S(=O)(=O)NC3=O)cc1. The highest BCUT2D eigenvalue weighted by atomic mass is 32.2. The molecule has 112 valence electrons. The van der Waals surface area contributed by atoms with Gasteiger partial charge in [0.1, 0.15) is 4.90 Å². The summed E-state index contributed by atoms with van der Waals surface area (Å²) < 4.78 is 25.4. The van der Waals surface area contributed by atoms with E-state index in [0.29, 0.717) is 11.3 Å². The summed E-state index contributed by atoms with van der Waals surface area (Å²) in [6.45, 7) is 1.91. The molecule has 1 aliphatic heterocycles. The fourth-order valence-corrected chi connectivity index (χ4v) is 3.35. The Bertz CT molecular complexity index is 886. The molecule has 0 unspecified atom stereocenters. The molecule has 1 heterocycles. The normalized spacial score (nSPS) is 15.0. The number of rotatable bonds is 2. The first-order valence-electron chi connectivity index (χ1n) is 6.46. The largest absolute Gasteiger partial charge is 0.322 e. The summed E-state index contributed by atoms with van der Waals surface area (Å²) in [5.41, 5.74) is 1.88. The molecule has 7 heteroatoms. The summed E-state index contributed by atoms with van der Waals surface area (Å²) in [6, 6.07) is 11.1. The van der Waals surface area contributed by atoms with Crippen molar-refractivity contribution in [2.45, 2.75) is 11.8 Å². The molecule has 0 saturated heterocycles. The van der Waals surface area contributed by atoms with E-state index < -0.39 is 15.9 Å². The van der Waals surface area contributed by atoms with Gasteiger partial charge in [-0.2, -0.15) is 0 Å². The predicted molar refractivity (Wildman–Crippen MR) is 80.2 cm³/mol. The second-order valence-corrected chi connectivity index (χ2v) is 6.62. The molecule has 0 bridgehead atoms. The van der Waals surface area contributed by atoms with Crippen molar-refractivity contribution < 1.29 is 18.0 Å². The Morgan fingerprint density at radius 1 is 1.09 bits per heavy atom. The Hall–Kier alpha value is -2.67. The lowest BCUT2D eigenvalue weighted by Gasteiger charge is -2.06. The second-order valence-electron chi connectivity index (χ2n) is 4.97. The summed E-state index contributed by atoms with van der Waals surface area (Å²) in [4.78, 5) is 23.5. The van der Waals surface area contributed by atoms with Gasteiger partial charge in [0.25, 0.3) is 21.8 Å². The topological polar surface area (TPSA) is 92.3 Å². The van der Waals surface area contributed by atoms with Crippen LogP contribution < -0.4 is 10.0 Å². The average molecular weight is 316 g/mol. The lowest BCUT2D eigenvalue weighted by molar-refractivity contribution is 0.0983. The van der Waals surface area contributed by atoms with E-state index >= 15 is 0 Å². The molecule has 2 N–H and O–H groups in total. The van der Waals surface area contributed by atoms with Crippen LogP contribution in [0.2, 0.25) is 0 Å². The Balaban J connectivity index is 1.90. The Morgan fingerprint density at radius 3 is 2.45 bits per heavy atom.